The lowest BCUT2D eigenvalue weighted by Crippen LogP contribution is -2.28. The van der Waals surface area contributed by atoms with Crippen LogP contribution in [0, 0.1) is 6.92 Å². The monoisotopic (exact) mass is 252 g/mol. The third-order valence-electron chi connectivity index (χ3n) is 2.76. The van der Waals surface area contributed by atoms with E-state index in [4.69, 9.17) is 10.7 Å². The summed E-state index contributed by atoms with van der Waals surface area (Å²) in [4.78, 5) is 5.99. The van der Waals surface area contributed by atoms with Gasteiger partial charge in [0.05, 0.1) is 10.6 Å². The molecule has 0 aromatic carbocycles. The number of aryl methyl sites for hydroxylation is 1. The van der Waals surface area contributed by atoms with Crippen molar-refractivity contribution in [2.75, 3.05) is 6.54 Å². The lowest BCUT2D eigenvalue weighted by atomic mass is 9.90. The fourth-order valence-electron chi connectivity index (χ4n) is 1.39. The van der Waals surface area contributed by atoms with Crippen LogP contribution >= 0.6 is 22.7 Å². The van der Waals surface area contributed by atoms with Crippen molar-refractivity contribution in [3.05, 3.63) is 28.1 Å². The molecule has 0 saturated carbocycles. The maximum Gasteiger partial charge on any atom is 0.133 e. The molecule has 16 heavy (non-hydrogen) atoms. The molecule has 0 amide bonds. The van der Waals surface area contributed by atoms with Gasteiger partial charge in [0.1, 0.15) is 5.01 Å². The molecule has 2 heterocycles. The summed E-state index contributed by atoms with van der Waals surface area (Å²) in [6.07, 6.45) is 0. The van der Waals surface area contributed by atoms with Crippen LogP contribution in [-0.4, -0.2) is 11.5 Å². The third kappa shape index (κ3) is 2.05. The maximum absolute atomic E-state index is 5.76. The molecule has 4 heteroatoms. The molecule has 0 aliphatic carbocycles. The van der Waals surface area contributed by atoms with Crippen LogP contribution in [0.5, 0.6) is 0 Å². The van der Waals surface area contributed by atoms with E-state index in [1.165, 1.54) is 10.4 Å². The number of thiazole rings is 1. The summed E-state index contributed by atoms with van der Waals surface area (Å²) in [6, 6.07) is 2.13. The Morgan fingerprint density at radius 2 is 2.12 bits per heavy atom. The van der Waals surface area contributed by atoms with Crippen molar-refractivity contribution in [2.24, 2.45) is 5.73 Å². The summed E-state index contributed by atoms with van der Waals surface area (Å²) < 4.78 is 0. The van der Waals surface area contributed by atoms with Crippen molar-refractivity contribution in [1.82, 2.24) is 4.98 Å². The van der Waals surface area contributed by atoms with Crippen molar-refractivity contribution in [2.45, 2.75) is 26.2 Å². The molecular weight excluding hydrogens is 236 g/mol. The third-order valence-corrected chi connectivity index (χ3v) is 4.78. The van der Waals surface area contributed by atoms with Gasteiger partial charge in [-0.25, -0.2) is 4.98 Å². The number of nitrogens with two attached hydrogens (primary N) is 1. The predicted molar refractivity (Wildman–Crippen MR) is 72.2 cm³/mol. The van der Waals surface area contributed by atoms with E-state index in [1.807, 2.05) is 0 Å². The van der Waals surface area contributed by atoms with Crippen LogP contribution in [0.25, 0.3) is 9.88 Å². The molecule has 2 aromatic heterocycles. The van der Waals surface area contributed by atoms with Gasteiger partial charge in [0.15, 0.2) is 0 Å². The Morgan fingerprint density at radius 1 is 1.38 bits per heavy atom. The second kappa shape index (κ2) is 4.28. The number of hydrogen-bond acceptors (Lipinski definition) is 4. The Bertz CT molecular complexity index is 483. The van der Waals surface area contributed by atoms with Crippen molar-refractivity contribution in [3.8, 4) is 9.88 Å². The van der Waals surface area contributed by atoms with Crippen LogP contribution in [-0.2, 0) is 5.41 Å². The van der Waals surface area contributed by atoms with Gasteiger partial charge in [-0.05, 0) is 23.9 Å². The van der Waals surface area contributed by atoms with E-state index in [-0.39, 0.29) is 5.41 Å². The molecule has 2 aromatic rings. The van der Waals surface area contributed by atoms with E-state index >= 15 is 0 Å². The van der Waals surface area contributed by atoms with Crippen LogP contribution in [0.15, 0.2) is 16.8 Å². The lowest BCUT2D eigenvalue weighted by Gasteiger charge is -2.19. The fourth-order valence-corrected chi connectivity index (χ4v) is 3.50. The van der Waals surface area contributed by atoms with Gasteiger partial charge < -0.3 is 5.73 Å². The highest BCUT2D eigenvalue weighted by atomic mass is 32.1. The molecule has 86 valence electrons. The van der Waals surface area contributed by atoms with Crippen LogP contribution < -0.4 is 5.73 Å². The maximum atomic E-state index is 5.76. The topological polar surface area (TPSA) is 38.9 Å². The van der Waals surface area contributed by atoms with Crippen molar-refractivity contribution in [1.29, 1.82) is 0 Å². The van der Waals surface area contributed by atoms with E-state index in [9.17, 15) is 0 Å². The quantitative estimate of drug-likeness (QED) is 0.909. The Morgan fingerprint density at radius 3 is 2.69 bits per heavy atom. The van der Waals surface area contributed by atoms with Gasteiger partial charge in [0.2, 0.25) is 0 Å². The summed E-state index contributed by atoms with van der Waals surface area (Å²) in [5.74, 6) is 0. The van der Waals surface area contributed by atoms with Crippen LogP contribution in [0.4, 0.5) is 0 Å². The molecule has 0 saturated heterocycles. The predicted octanol–water partition coefficient (Wildman–Crippen LogP) is 3.42. The molecule has 0 spiro atoms. The van der Waals surface area contributed by atoms with E-state index in [0.717, 1.165) is 10.7 Å². The smallest absolute Gasteiger partial charge is 0.133 e. The zero-order valence-corrected chi connectivity index (χ0v) is 11.4. The molecular formula is C12H16N2S2. The van der Waals surface area contributed by atoms with E-state index < -0.39 is 0 Å². The first kappa shape index (κ1) is 11.8. The summed E-state index contributed by atoms with van der Waals surface area (Å²) in [6.45, 7) is 7.01. The summed E-state index contributed by atoms with van der Waals surface area (Å²) in [7, 11) is 0. The normalized spacial score (nSPS) is 12.0. The van der Waals surface area contributed by atoms with Gasteiger partial charge in [-0.2, -0.15) is 0 Å². The second-order valence-corrected chi connectivity index (χ2v) is 6.33. The fraction of sp³-hybridized carbons (Fsp3) is 0.417. The first-order chi connectivity index (χ1) is 7.54. The van der Waals surface area contributed by atoms with Crippen LogP contribution in [0.3, 0.4) is 0 Å². The van der Waals surface area contributed by atoms with Gasteiger partial charge in [-0.3, -0.25) is 0 Å². The zero-order valence-electron chi connectivity index (χ0n) is 9.78. The first-order valence-corrected chi connectivity index (χ1v) is 7.01. The number of hydrogen-bond donors (Lipinski definition) is 1. The molecule has 0 aliphatic heterocycles. The van der Waals surface area contributed by atoms with E-state index in [1.54, 1.807) is 22.7 Å². The van der Waals surface area contributed by atoms with Gasteiger partial charge >= 0.3 is 0 Å². The molecule has 2 N–H and O–H groups in total. The Balaban J connectivity index is 2.37. The average molecular weight is 252 g/mol. The lowest BCUT2D eigenvalue weighted by molar-refractivity contribution is 0.525. The standard InChI is InChI=1S/C12H16N2S2/c1-8-4-5-15-10(8)11-14-9(6-16-11)12(2,3)7-13/h4-6H,7,13H2,1-3H3. The van der Waals surface area contributed by atoms with E-state index in [0.29, 0.717) is 6.54 Å². The van der Waals surface area contributed by atoms with E-state index in [2.05, 4.69) is 37.6 Å². The van der Waals surface area contributed by atoms with Gasteiger partial charge in [0.25, 0.3) is 0 Å². The number of nitrogens with zero attached hydrogens (tertiary/aromatic N) is 1. The number of thiophene rings is 1. The first-order valence-electron chi connectivity index (χ1n) is 5.25. The molecule has 2 rings (SSSR count). The van der Waals surface area contributed by atoms with Gasteiger partial charge in [0, 0.05) is 17.3 Å². The van der Waals surface area contributed by atoms with Crippen molar-refractivity contribution < 1.29 is 0 Å². The number of aromatic nitrogens is 1. The highest BCUT2D eigenvalue weighted by molar-refractivity contribution is 7.20. The van der Waals surface area contributed by atoms with Gasteiger partial charge in [-0.1, -0.05) is 13.8 Å². The molecule has 0 bridgehead atoms. The van der Waals surface area contributed by atoms with Crippen molar-refractivity contribution in [3.63, 3.8) is 0 Å². The van der Waals surface area contributed by atoms with Crippen LogP contribution in [0.2, 0.25) is 0 Å². The summed E-state index contributed by atoms with van der Waals surface area (Å²) in [5.41, 5.74) is 8.14. The molecule has 0 radical (unpaired) electrons. The average Bonchev–Trinajstić information content (AvgIpc) is 2.85. The summed E-state index contributed by atoms with van der Waals surface area (Å²) >= 11 is 3.46. The minimum absolute atomic E-state index is 0.0279. The molecule has 0 aliphatic rings. The summed E-state index contributed by atoms with van der Waals surface area (Å²) in [5, 5.41) is 5.35. The Kier molecular flexibility index (Phi) is 3.15. The highest BCUT2D eigenvalue weighted by Crippen LogP contribution is 2.34. The molecule has 2 nitrogen and oxygen atoms in total. The minimum atomic E-state index is -0.0279. The minimum Gasteiger partial charge on any atom is -0.330 e. The van der Waals surface area contributed by atoms with Gasteiger partial charge in [-0.15, -0.1) is 22.7 Å². The Hall–Kier alpha value is -0.710. The SMILES string of the molecule is Cc1ccsc1-c1nc(C(C)(C)CN)cs1. The Labute approximate surface area is 104 Å². The molecule has 0 unspecified atom stereocenters. The largest absolute Gasteiger partial charge is 0.330 e. The number of rotatable bonds is 3. The zero-order chi connectivity index (χ0) is 11.8. The second-order valence-electron chi connectivity index (χ2n) is 4.56. The molecule has 0 fully saturated rings. The van der Waals surface area contributed by atoms with Crippen LogP contribution in [0.1, 0.15) is 25.1 Å². The van der Waals surface area contributed by atoms with Crippen molar-refractivity contribution >= 4 is 22.7 Å². The highest BCUT2D eigenvalue weighted by Gasteiger charge is 2.22. The molecule has 0 atom stereocenters.